The van der Waals surface area contributed by atoms with Crippen molar-refractivity contribution in [1.29, 1.82) is 0 Å². The normalized spacial score (nSPS) is 23.2. The van der Waals surface area contributed by atoms with E-state index in [9.17, 15) is 0 Å². The largest absolute Gasteiger partial charge is 0.378 e. The van der Waals surface area contributed by atoms with Crippen molar-refractivity contribution in [2.24, 2.45) is 5.84 Å². The van der Waals surface area contributed by atoms with Gasteiger partial charge in [-0.1, -0.05) is 0 Å². The summed E-state index contributed by atoms with van der Waals surface area (Å²) in [5.41, 5.74) is 4.25. The lowest BCUT2D eigenvalue weighted by atomic mass is 10.00. The van der Waals surface area contributed by atoms with Gasteiger partial charge < -0.3 is 4.74 Å². The van der Waals surface area contributed by atoms with Gasteiger partial charge in [0.2, 0.25) is 0 Å². The molecule has 1 saturated heterocycles. The third kappa shape index (κ3) is 2.83. The highest BCUT2D eigenvalue weighted by atomic mass is 32.1. The minimum Gasteiger partial charge on any atom is -0.378 e. The molecule has 1 aromatic rings. The standard InChI is InChI=1S/C12H20N2OS/c1-9-5-7-16-12(9)11(14-13)8-10-4-2-3-6-15-10/h5,7,10-11,14H,2-4,6,8,13H2,1H3. The summed E-state index contributed by atoms with van der Waals surface area (Å²) < 4.78 is 5.76. The lowest BCUT2D eigenvalue weighted by molar-refractivity contribution is 0.00521. The fraction of sp³-hybridized carbons (Fsp3) is 0.667. The van der Waals surface area contributed by atoms with E-state index in [1.165, 1.54) is 29.7 Å². The topological polar surface area (TPSA) is 47.3 Å². The summed E-state index contributed by atoms with van der Waals surface area (Å²) in [5.74, 6) is 5.65. The summed E-state index contributed by atoms with van der Waals surface area (Å²) in [6.45, 7) is 3.04. The zero-order valence-electron chi connectivity index (χ0n) is 9.74. The van der Waals surface area contributed by atoms with Gasteiger partial charge in [-0.2, -0.15) is 0 Å². The van der Waals surface area contributed by atoms with Crippen LogP contribution in [0, 0.1) is 6.92 Å². The van der Waals surface area contributed by atoms with E-state index in [0.717, 1.165) is 13.0 Å². The quantitative estimate of drug-likeness (QED) is 0.628. The van der Waals surface area contributed by atoms with Gasteiger partial charge in [-0.15, -0.1) is 11.3 Å². The Hall–Kier alpha value is -0.420. The van der Waals surface area contributed by atoms with Gasteiger partial charge in [-0.25, -0.2) is 0 Å². The number of hydrogen-bond acceptors (Lipinski definition) is 4. The molecule has 0 spiro atoms. The molecule has 0 radical (unpaired) electrons. The van der Waals surface area contributed by atoms with Gasteiger partial charge in [-0.3, -0.25) is 11.3 Å². The average Bonchev–Trinajstić information content (AvgIpc) is 2.74. The highest BCUT2D eigenvalue weighted by Gasteiger charge is 2.21. The van der Waals surface area contributed by atoms with Crippen molar-refractivity contribution < 1.29 is 4.74 Å². The van der Waals surface area contributed by atoms with Crippen LogP contribution in [0.2, 0.25) is 0 Å². The van der Waals surface area contributed by atoms with Gasteiger partial charge in [0.1, 0.15) is 0 Å². The molecule has 1 aromatic heterocycles. The Bertz CT molecular complexity index is 321. The second-order valence-electron chi connectivity index (χ2n) is 4.41. The SMILES string of the molecule is Cc1ccsc1C(CC1CCCCO1)NN. The van der Waals surface area contributed by atoms with Crippen LogP contribution in [0.4, 0.5) is 0 Å². The summed E-state index contributed by atoms with van der Waals surface area (Å²) >= 11 is 1.77. The summed E-state index contributed by atoms with van der Waals surface area (Å²) in [6, 6.07) is 2.38. The highest BCUT2D eigenvalue weighted by Crippen LogP contribution is 2.29. The molecule has 0 aromatic carbocycles. The fourth-order valence-electron chi connectivity index (χ4n) is 2.25. The van der Waals surface area contributed by atoms with Gasteiger partial charge >= 0.3 is 0 Å². The van der Waals surface area contributed by atoms with Crippen LogP contribution in [0.5, 0.6) is 0 Å². The number of hydrogen-bond donors (Lipinski definition) is 2. The molecular formula is C12H20N2OS. The van der Waals surface area contributed by atoms with Gasteiger partial charge in [0.15, 0.2) is 0 Å². The van der Waals surface area contributed by atoms with E-state index in [-0.39, 0.29) is 6.04 Å². The molecule has 1 aliphatic rings. The van der Waals surface area contributed by atoms with E-state index in [1.54, 1.807) is 11.3 Å². The highest BCUT2D eigenvalue weighted by molar-refractivity contribution is 7.10. The van der Waals surface area contributed by atoms with Crippen molar-refractivity contribution in [3.63, 3.8) is 0 Å². The molecule has 3 nitrogen and oxygen atoms in total. The second-order valence-corrected chi connectivity index (χ2v) is 5.36. The molecule has 2 heterocycles. The molecule has 90 valence electrons. The van der Waals surface area contributed by atoms with Crippen LogP contribution >= 0.6 is 11.3 Å². The molecule has 2 atom stereocenters. The Morgan fingerprint density at radius 1 is 1.62 bits per heavy atom. The van der Waals surface area contributed by atoms with Crippen LogP contribution in [0.15, 0.2) is 11.4 Å². The molecule has 0 aliphatic carbocycles. The molecule has 0 saturated carbocycles. The summed E-state index contributed by atoms with van der Waals surface area (Å²) in [6.07, 6.45) is 5.01. The summed E-state index contributed by atoms with van der Waals surface area (Å²) in [4.78, 5) is 1.34. The number of aryl methyl sites for hydroxylation is 1. The maximum atomic E-state index is 5.76. The van der Waals surface area contributed by atoms with Gasteiger partial charge in [0, 0.05) is 11.5 Å². The van der Waals surface area contributed by atoms with Crippen LogP contribution in [0.3, 0.4) is 0 Å². The van der Waals surface area contributed by atoms with Gasteiger partial charge in [0.25, 0.3) is 0 Å². The monoisotopic (exact) mass is 240 g/mol. The van der Waals surface area contributed by atoms with Gasteiger partial charge in [0.05, 0.1) is 12.1 Å². The lowest BCUT2D eigenvalue weighted by Gasteiger charge is -2.26. The van der Waals surface area contributed by atoms with E-state index < -0.39 is 0 Å². The predicted octanol–water partition coefficient (Wildman–Crippen LogP) is 2.52. The van der Waals surface area contributed by atoms with Crippen LogP contribution < -0.4 is 11.3 Å². The fourth-order valence-corrected chi connectivity index (χ4v) is 3.25. The van der Waals surface area contributed by atoms with Crippen LogP contribution in [0.25, 0.3) is 0 Å². The third-order valence-corrected chi connectivity index (χ3v) is 4.32. The van der Waals surface area contributed by atoms with E-state index in [2.05, 4.69) is 23.8 Å². The molecule has 0 amide bonds. The van der Waals surface area contributed by atoms with Crippen molar-refractivity contribution in [2.45, 2.75) is 44.8 Å². The minimum atomic E-state index is 0.239. The maximum Gasteiger partial charge on any atom is 0.0594 e. The van der Waals surface area contributed by atoms with Crippen molar-refractivity contribution in [3.8, 4) is 0 Å². The Balaban J connectivity index is 1.97. The first-order valence-corrected chi connectivity index (χ1v) is 6.81. The Morgan fingerprint density at radius 2 is 2.50 bits per heavy atom. The number of hydrazine groups is 1. The zero-order valence-corrected chi connectivity index (χ0v) is 10.6. The molecule has 4 heteroatoms. The molecule has 1 fully saturated rings. The van der Waals surface area contributed by atoms with Crippen molar-refractivity contribution in [1.82, 2.24) is 5.43 Å². The molecule has 0 bridgehead atoms. The van der Waals surface area contributed by atoms with Crippen molar-refractivity contribution in [2.75, 3.05) is 6.61 Å². The zero-order chi connectivity index (χ0) is 11.4. The predicted molar refractivity (Wildman–Crippen MR) is 67.3 cm³/mol. The Kier molecular flexibility index (Phi) is 4.35. The van der Waals surface area contributed by atoms with Gasteiger partial charge in [-0.05, 0) is 49.6 Å². The molecular weight excluding hydrogens is 220 g/mol. The summed E-state index contributed by atoms with van der Waals surface area (Å²) in [5, 5.41) is 2.12. The van der Waals surface area contributed by atoms with E-state index in [4.69, 9.17) is 10.6 Å². The molecule has 2 unspecified atom stereocenters. The Morgan fingerprint density at radius 3 is 3.06 bits per heavy atom. The molecule has 1 aliphatic heterocycles. The second kappa shape index (κ2) is 5.77. The number of nitrogens with one attached hydrogen (secondary N) is 1. The lowest BCUT2D eigenvalue weighted by Crippen LogP contribution is -2.32. The van der Waals surface area contributed by atoms with Crippen molar-refractivity contribution in [3.05, 3.63) is 21.9 Å². The number of thiophene rings is 1. The molecule has 16 heavy (non-hydrogen) atoms. The third-order valence-electron chi connectivity index (χ3n) is 3.19. The number of nitrogens with two attached hydrogens (primary N) is 1. The smallest absolute Gasteiger partial charge is 0.0594 e. The van der Waals surface area contributed by atoms with E-state index in [0.29, 0.717) is 6.10 Å². The maximum absolute atomic E-state index is 5.76. The Labute approximate surface area is 101 Å². The first-order valence-electron chi connectivity index (χ1n) is 5.93. The summed E-state index contributed by atoms with van der Waals surface area (Å²) in [7, 11) is 0. The van der Waals surface area contributed by atoms with E-state index >= 15 is 0 Å². The average molecular weight is 240 g/mol. The first-order chi connectivity index (χ1) is 7.81. The van der Waals surface area contributed by atoms with Crippen molar-refractivity contribution >= 4 is 11.3 Å². The first kappa shape index (κ1) is 12.0. The van der Waals surface area contributed by atoms with E-state index in [1.807, 2.05) is 0 Å². The van der Waals surface area contributed by atoms with Crippen LogP contribution in [0.1, 0.15) is 42.2 Å². The molecule has 2 rings (SSSR count). The number of ether oxygens (including phenoxy) is 1. The van der Waals surface area contributed by atoms with Crippen LogP contribution in [-0.2, 0) is 4.74 Å². The molecule has 3 N–H and O–H groups in total. The van der Waals surface area contributed by atoms with Crippen LogP contribution in [-0.4, -0.2) is 12.7 Å². The minimum absolute atomic E-state index is 0.239. The number of rotatable bonds is 4.